The topological polar surface area (TPSA) is 91.2 Å². The third-order valence-corrected chi connectivity index (χ3v) is 4.15. The number of nitrogens with zero attached hydrogens (tertiary/aromatic N) is 4. The van der Waals surface area contributed by atoms with Gasteiger partial charge in [-0.05, 0) is 31.9 Å². The molecule has 1 fully saturated rings. The van der Waals surface area contributed by atoms with Gasteiger partial charge in [0.15, 0.2) is 0 Å². The van der Waals surface area contributed by atoms with Crippen LogP contribution in [-0.4, -0.2) is 51.2 Å². The summed E-state index contributed by atoms with van der Waals surface area (Å²) in [6.07, 6.45) is 6.20. The summed E-state index contributed by atoms with van der Waals surface area (Å²) in [6.45, 7) is 3.23. The lowest BCUT2D eigenvalue weighted by Gasteiger charge is -2.39. The molecule has 1 amide bonds. The quantitative estimate of drug-likeness (QED) is 0.868. The van der Waals surface area contributed by atoms with Gasteiger partial charge in [0.2, 0.25) is 0 Å². The Labute approximate surface area is 140 Å². The molecule has 1 aliphatic heterocycles. The second kappa shape index (κ2) is 6.92. The third kappa shape index (κ3) is 3.86. The maximum absolute atomic E-state index is 12.2. The van der Waals surface area contributed by atoms with E-state index in [1.165, 1.54) is 12.4 Å². The molecule has 0 spiro atoms. The number of nitrogens with one attached hydrogen (secondary N) is 1. The number of piperidine rings is 1. The fourth-order valence-electron chi connectivity index (χ4n) is 2.85. The average molecular weight is 327 g/mol. The van der Waals surface area contributed by atoms with Gasteiger partial charge in [0.05, 0.1) is 11.2 Å². The predicted octanol–water partition coefficient (Wildman–Crippen LogP) is 0.941. The summed E-state index contributed by atoms with van der Waals surface area (Å²) in [4.78, 5) is 26.6. The molecule has 0 saturated carbocycles. The van der Waals surface area contributed by atoms with Crippen LogP contribution in [0.4, 0.5) is 5.82 Å². The van der Waals surface area contributed by atoms with Crippen LogP contribution in [0.25, 0.3) is 0 Å². The van der Waals surface area contributed by atoms with Gasteiger partial charge in [0.1, 0.15) is 11.6 Å². The molecular weight excluding hydrogens is 306 g/mol. The Morgan fingerprint density at radius 3 is 2.83 bits per heavy atom. The molecule has 3 heterocycles. The summed E-state index contributed by atoms with van der Waals surface area (Å²) in [5.41, 5.74) is -0.585. The molecule has 2 N–H and O–H groups in total. The lowest BCUT2D eigenvalue weighted by atomic mass is 9.92. The predicted molar refractivity (Wildman–Crippen MR) is 89.7 cm³/mol. The molecule has 2 aromatic rings. The zero-order chi connectivity index (χ0) is 17.0. The minimum absolute atomic E-state index is 0.184. The van der Waals surface area contributed by atoms with Gasteiger partial charge in [-0.25, -0.2) is 15.0 Å². The van der Waals surface area contributed by atoms with Gasteiger partial charge >= 0.3 is 0 Å². The number of carbonyl (C=O) groups is 1. The Balaban J connectivity index is 1.61. The first-order chi connectivity index (χ1) is 11.6. The first-order valence-corrected chi connectivity index (χ1v) is 8.01. The fraction of sp³-hybridized carbons (Fsp3) is 0.412. The molecule has 0 unspecified atom stereocenters. The molecule has 1 atom stereocenters. The number of carbonyl (C=O) groups excluding carboxylic acids is 1. The van der Waals surface area contributed by atoms with Gasteiger partial charge in [-0.15, -0.1) is 0 Å². The van der Waals surface area contributed by atoms with Gasteiger partial charge in [-0.3, -0.25) is 4.79 Å². The lowest BCUT2D eigenvalue weighted by Crippen LogP contribution is -2.54. The molecule has 24 heavy (non-hydrogen) atoms. The summed E-state index contributed by atoms with van der Waals surface area (Å²) < 4.78 is 0. The Morgan fingerprint density at radius 2 is 2.12 bits per heavy atom. The Morgan fingerprint density at radius 1 is 1.33 bits per heavy atom. The molecular formula is C17H21N5O2. The Kier molecular flexibility index (Phi) is 4.71. The average Bonchev–Trinajstić information content (AvgIpc) is 2.61. The number of rotatable bonds is 4. The second-order valence-corrected chi connectivity index (χ2v) is 6.14. The van der Waals surface area contributed by atoms with E-state index in [9.17, 15) is 9.90 Å². The summed E-state index contributed by atoms with van der Waals surface area (Å²) in [5, 5.41) is 13.6. The molecule has 2 aromatic heterocycles. The third-order valence-electron chi connectivity index (χ3n) is 4.15. The van der Waals surface area contributed by atoms with E-state index in [1.807, 2.05) is 23.1 Å². The highest BCUT2D eigenvalue weighted by atomic mass is 16.3. The van der Waals surface area contributed by atoms with Crippen molar-refractivity contribution in [2.24, 2.45) is 0 Å². The molecule has 0 bridgehead atoms. The first kappa shape index (κ1) is 16.3. The standard InChI is InChI=1S/C17H21N5O2/c1-13-19-9-14(10-20-13)16(23)21-11-17(24)6-4-8-22(12-17)15-5-2-3-7-18-15/h2-3,5,7,9-10,24H,4,6,8,11-12H2,1H3,(H,21,23)/t17-/m1/s1. The Hall–Kier alpha value is -2.54. The number of aromatic nitrogens is 3. The number of aliphatic hydroxyl groups is 1. The summed E-state index contributed by atoms with van der Waals surface area (Å²) in [5.74, 6) is 1.18. The zero-order valence-electron chi connectivity index (χ0n) is 13.6. The van der Waals surface area contributed by atoms with Crippen LogP contribution >= 0.6 is 0 Å². The molecule has 1 aliphatic rings. The molecule has 3 rings (SSSR count). The highest BCUT2D eigenvalue weighted by Crippen LogP contribution is 2.24. The normalized spacial score (nSPS) is 20.7. The van der Waals surface area contributed by atoms with E-state index in [1.54, 1.807) is 13.1 Å². The van der Waals surface area contributed by atoms with Crippen LogP contribution in [0.2, 0.25) is 0 Å². The van der Waals surface area contributed by atoms with E-state index >= 15 is 0 Å². The van der Waals surface area contributed by atoms with Crippen molar-refractivity contribution in [2.45, 2.75) is 25.4 Å². The number of amides is 1. The lowest BCUT2D eigenvalue weighted by molar-refractivity contribution is 0.0254. The number of hydrogen-bond acceptors (Lipinski definition) is 6. The van der Waals surface area contributed by atoms with E-state index in [0.717, 1.165) is 18.8 Å². The van der Waals surface area contributed by atoms with Crippen molar-refractivity contribution in [2.75, 3.05) is 24.5 Å². The van der Waals surface area contributed by atoms with Gasteiger partial charge in [0, 0.05) is 38.2 Å². The van der Waals surface area contributed by atoms with Crippen LogP contribution in [0.15, 0.2) is 36.8 Å². The van der Waals surface area contributed by atoms with Crippen LogP contribution < -0.4 is 10.2 Å². The maximum Gasteiger partial charge on any atom is 0.254 e. The Bertz CT molecular complexity index is 692. The molecule has 0 radical (unpaired) electrons. The molecule has 0 aliphatic carbocycles. The zero-order valence-corrected chi connectivity index (χ0v) is 13.6. The smallest absolute Gasteiger partial charge is 0.254 e. The van der Waals surface area contributed by atoms with Crippen LogP contribution in [0.3, 0.4) is 0 Å². The van der Waals surface area contributed by atoms with Crippen LogP contribution in [0.5, 0.6) is 0 Å². The van der Waals surface area contributed by atoms with Crippen molar-refractivity contribution < 1.29 is 9.90 Å². The monoisotopic (exact) mass is 327 g/mol. The van der Waals surface area contributed by atoms with Gasteiger partial charge in [0.25, 0.3) is 5.91 Å². The van der Waals surface area contributed by atoms with Crippen LogP contribution in [-0.2, 0) is 0 Å². The van der Waals surface area contributed by atoms with E-state index in [-0.39, 0.29) is 12.5 Å². The molecule has 126 valence electrons. The van der Waals surface area contributed by atoms with Crippen molar-refractivity contribution in [3.05, 3.63) is 48.2 Å². The van der Waals surface area contributed by atoms with Crippen molar-refractivity contribution in [3.63, 3.8) is 0 Å². The van der Waals surface area contributed by atoms with Crippen LogP contribution in [0, 0.1) is 6.92 Å². The van der Waals surface area contributed by atoms with E-state index in [2.05, 4.69) is 20.3 Å². The molecule has 7 heteroatoms. The minimum Gasteiger partial charge on any atom is -0.386 e. The second-order valence-electron chi connectivity index (χ2n) is 6.14. The van der Waals surface area contributed by atoms with E-state index in [0.29, 0.717) is 24.4 Å². The van der Waals surface area contributed by atoms with Crippen molar-refractivity contribution in [1.29, 1.82) is 0 Å². The summed E-state index contributed by atoms with van der Waals surface area (Å²) in [6, 6.07) is 5.71. The number of hydrogen-bond donors (Lipinski definition) is 2. The molecule has 1 saturated heterocycles. The van der Waals surface area contributed by atoms with Crippen molar-refractivity contribution in [3.8, 4) is 0 Å². The highest BCUT2D eigenvalue weighted by molar-refractivity contribution is 5.93. The number of anilines is 1. The minimum atomic E-state index is -0.975. The number of β-amino-alcohol motifs (C(OH)–C–C–N with tert-alkyl or cyclic N) is 1. The van der Waals surface area contributed by atoms with Crippen molar-refractivity contribution >= 4 is 11.7 Å². The van der Waals surface area contributed by atoms with Gasteiger partial charge in [-0.1, -0.05) is 6.07 Å². The number of pyridine rings is 1. The fourth-order valence-corrected chi connectivity index (χ4v) is 2.85. The highest BCUT2D eigenvalue weighted by Gasteiger charge is 2.34. The van der Waals surface area contributed by atoms with Gasteiger partial charge in [-0.2, -0.15) is 0 Å². The molecule has 7 nitrogen and oxygen atoms in total. The SMILES string of the molecule is Cc1ncc(C(=O)NC[C@]2(O)CCCN(c3ccccn3)C2)cn1. The number of aryl methyl sites for hydroxylation is 1. The molecule has 0 aromatic carbocycles. The van der Waals surface area contributed by atoms with E-state index in [4.69, 9.17) is 0 Å². The summed E-state index contributed by atoms with van der Waals surface area (Å²) >= 11 is 0. The van der Waals surface area contributed by atoms with Crippen molar-refractivity contribution in [1.82, 2.24) is 20.3 Å². The largest absolute Gasteiger partial charge is 0.386 e. The first-order valence-electron chi connectivity index (χ1n) is 8.01. The van der Waals surface area contributed by atoms with Crippen LogP contribution in [0.1, 0.15) is 29.0 Å². The summed E-state index contributed by atoms with van der Waals surface area (Å²) in [7, 11) is 0. The van der Waals surface area contributed by atoms with E-state index < -0.39 is 5.60 Å². The van der Waals surface area contributed by atoms with Gasteiger partial charge < -0.3 is 15.3 Å². The maximum atomic E-state index is 12.2.